The van der Waals surface area contributed by atoms with E-state index in [1.54, 1.807) is 13.8 Å². The average molecular weight is 617 g/mol. The number of aromatic amines is 2. The zero-order valence-electron chi connectivity index (χ0n) is 27.4. The Bertz CT molecular complexity index is 1590. The Balaban J connectivity index is 1.87. The summed E-state index contributed by atoms with van der Waals surface area (Å²) in [7, 11) is 0. The fraction of sp³-hybridized carbons (Fsp3) is 0.429. The minimum Gasteiger partial charge on any atom is -0.481 e. The van der Waals surface area contributed by atoms with Crippen LogP contribution < -0.4 is 10.6 Å². The van der Waals surface area contributed by atoms with Crippen LogP contribution in [0.25, 0.3) is 12.2 Å². The van der Waals surface area contributed by atoms with Crippen molar-refractivity contribution in [1.82, 2.24) is 20.6 Å². The van der Waals surface area contributed by atoms with Gasteiger partial charge in [-0.15, -0.1) is 0 Å². The third-order valence-electron chi connectivity index (χ3n) is 9.16. The van der Waals surface area contributed by atoms with Gasteiger partial charge < -0.3 is 30.8 Å². The molecule has 0 unspecified atom stereocenters. The SMILES string of the molecule is CCC1=C(C)C(=O)N/C1=C\c1[nH]c(Cc2[nH]c(/C=C3/NC(=O)C(C)=C3CC)c(C)c2[C@@H](C)CC(=O)O)c([C@H](C)CC(=O)O)c1C. The van der Waals surface area contributed by atoms with Gasteiger partial charge >= 0.3 is 11.9 Å². The van der Waals surface area contributed by atoms with Crippen LogP contribution in [0.1, 0.15) is 124 Å². The molecule has 10 heteroatoms. The lowest BCUT2D eigenvalue weighted by Gasteiger charge is -2.15. The fourth-order valence-electron chi connectivity index (χ4n) is 6.90. The number of aromatic nitrogens is 2. The van der Waals surface area contributed by atoms with Crippen LogP contribution >= 0.6 is 0 Å². The number of hydrogen-bond acceptors (Lipinski definition) is 4. The molecule has 4 heterocycles. The molecule has 2 aromatic rings. The highest BCUT2D eigenvalue weighted by molar-refractivity contribution is 6.01. The number of carboxylic acids is 2. The maximum Gasteiger partial charge on any atom is 0.303 e. The molecule has 0 radical (unpaired) electrons. The summed E-state index contributed by atoms with van der Waals surface area (Å²) >= 11 is 0. The summed E-state index contributed by atoms with van der Waals surface area (Å²) in [6, 6.07) is 0. The molecule has 0 aromatic carbocycles. The first-order valence-electron chi connectivity index (χ1n) is 15.5. The maximum atomic E-state index is 12.4. The Morgan fingerprint density at radius 2 is 1.04 bits per heavy atom. The number of aliphatic carboxylic acids is 2. The summed E-state index contributed by atoms with van der Waals surface area (Å²) in [5, 5.41) is 25.2. The van der Waals surface area contributed by atoms with E-state index < -0.39 is 11.9 Å². The first kappa shape index (κ1) is 33.3. The van der Waals surface area contributed by atoms with E-state index in [2.05, 4.69) is 20.6 Å². The number of nitrogens with one attached hydrogen (secondary N) is 4. The molecule has 2 aliphatic rings. The zero-order chi connectivity index (χ0) is 33.3. The highest BCUT2D eigenvalue weighted by atomic mass is 16.4. The second-order valence-electron chi connectivity index (χ2n) is 12.2. The van der Waals surface area contributed by atoms with Crippen molar-refractivity contribution in [1.29, 1.82) is 0 Å². The van der Waals surface area contributed by atoms with E-state index in [4.69, 9.17) is 0 Å². The smallest absolute Gasteiger partial charge is 0.303 e. The molecule has 4 rings (SSSR count). The molecule has 2 amide bonds. The van der Waals surface area contributed by atoms with Crippen LogP contribution in [0, 0.1) is 13.8 Å². The summed E-state index contributed by atoms with van der Waals surface area (Å²) < 4.78 is 0. The van der Waals surface area contributed by atoms with Gasteiger partial charge in [-0.1, -0.05) is 27.7 Å². The quantitative estimate of drug-likeness (QED) is 0.169. The number of carbonyl (C=O) groups excluding carboxylic acids is 2. The molecule has 0 spiro atoms. The fourth-order valence-corrected chi connectivity index (χ4v) is 6.90. The van der Waals surface area contributed by atoms with Gasteiger partial charge in [0, 0.05) is 51.7 Å². The van der Waals surface area contributed by atoms with Crippen molar-refractivity contribution >= 4 is 35.9 Å². The molecule has 2 atom stereocenters. The van der Waals surface area contributed by atoms with Crippen molar-refractivity contribution in [3.05, 3.63) is 78.7 Å². The van der Waals surface area contributed by atoms with Crippen LogP contribution in [0.2, 0.25) is 0 Å². The van der Waals surface area contributed by atoms with E-state index in [0.717, 1.165) is 67.6 Å². The number of H-pyrrole nitrogens is 2. The standard InChI is InChI=1S/C35H44N4O6/c1-9-22-18(5)34(44)38-26(22)13-24-20(7)32(16(3)11-30(40)41)28(36-24)15-29-33(17(4)12-31(42)43)21(8)25(37-29)14-27-23(10-2)19(6)35(45)39-27/h13-14,16-17,36-37H,9-12,15H2,1-8H3,(H,38,44)(H,39,45)(H,40,41)(H,42,43)/b26-13-,27-14+/t16-,17+/m1/s1. The van der Waals surface area contributed by atoms with Crippen molar-refractivity contribution in [2.45, 2.75) is 99.3 Å². The molecule has 0 aliphatic carbocycles. The van der Waals surface area contributed by atoms with Gasteiger partial charge in [-0.05, 0) is 97.9 Å². The first-order valence-corrected chi connectivity index (χ1v) is 15.5. The zero-order valence-corrected chi connectivity index (χ0v) is 27.4. The Hall–Kier alpha value is -4.60. The van der Waals surface area contributed by atoms with Gasteiger partial charge in [0.25, 0.3) is 11.8 Å². The summed E-state index contributed by atoms with van der Waals surface area (Å²) in [4.78, 5) is 55.5. The number of carbonyl (C=O) groups is 4. The molecule has 0 saturated heterocycles. The predicted molar refractivity (Wildman–Crippen MR) is 173 cm³/mol. The highest BCUT2D eigenvalue weighted by Gasteiger charge is 2.28. The lowest BCUT2D eigenvalue weighted by atomic mass is 9.89. The summed E-state index contributed by atoms with van der Waals surface area (Å²) in [5.41, 5.74) is 11.4. The van der Waals surface area contributed by atoms with Crippen LogP contribution in [-0.2, 0) is 25.6 Å². The van der Waals surface area contributed by atoms with Crippen LogP contribution in [0.5, 0.6) is 0 Å². The highest BCUT2D eigenvalue weighted by Crippen LogP contribution is 2.37. The van der Waals surface area contributed by atoms with Gasteiger partial charge in [0.2, 0.25) is 0 Å². The lowest BCUT2D eigenvalue weighted by Crippen LogP contribution is -2.15. The number of amides is 2. The van der Waals surface area contributed by atoms with Gasteiger partial charge in [0.1, 0.15) is 0 Å². The maximum absolute atomic E-state index is 12.4. The molecule has 0 saturated carbocycles. The van der Waals surface area contributed by atoms with Gasteiger partial charge in [-0.2, -0.15) is 0 Å². The lowest BCUT2D eigenvalue weighted by molar-refractivity contribution is -0.138. The first-order chi connectivity index (χ1) is 21.2. The van der Waals surface area contributed by atoms with Crippen LogP contribution in [0.3, 0.4) is 0 Å². The van der Waals surface area contributed by atoms with E-state index in [9.17, 15) is 29.4 Å². The van der Waals surface area contributed by atoms with Crippen molar-refractivity contribution < 1.29 is 29.4 Å². The molecule has 240 valence electrons. The van der Waals surface area contributed by atoms with Crippen molar-refractivity contribution in [2.24, 2.45) is 0 Å². The normalized spacial score (nSPS) is 18.3. The Morgan fingerprint density at radius 3 is 1.36 bits per heavy atom. The molecule has 0 bridgehead atoms. The van der Waals surface area contributed by atoms with Gasteiger partial charge in [-0.3, -0.25) is 19.2 Å². The topological polar surface area (TPSA) is 164 Å². The van der Waals surface area contributed by atoms with E-state index in [0.29, 0.717) is 30.4 Å². The third kappa shape index (κ3) is 6.60. The van der Waals surface area contributed by atoms with E-state index in [-0.39, 0.29) is 36.5 Å². The predicted octanol–water partition coefficient (Wildman–Crippen LogP) is 6.10. The molecular weight excluding hydrogens is 572 g/mol. The number of hydrogen-bond donors (Lipinski definition) is 6. The van der Waals surface area contributed by atoms with Gasteiger partial charge in [0.15, 0.2) is 0 Å². The largest absolute Gasteiger partial charge is 0.481 e. The average Bonchev–Trinajstić information content (AvgIpc) is 3.60. The molecule has 45 heavy (non-hydrogen) atoms. The molecule has 2 aromatic heterocycles. The summed E-state index contributed by atoms with van der Waals surface area (Å²) in [6.45, 7) is 15.3. The molecular formula is C35H44N4O6. The summed E-state index contributed by atoms with van der Waals surface area (Å²) in [6.07, 6.45) is 5.44. The van der Waals surface area contributed by atoms with Crippen LogP contribution in [-0.4, -0.2) is 43.9 Å². The van der Waals surface area contributed by atoms with Crippen molar-refractivity contribution in [3.63, 3.8) is 0 Å². The van der Waals surface area contributed by atoms with Crippen LogP contribution in [0.4, 0.5) is 0 Å². The van der Waals surface area contributed by atoms with E-state index in [1.165, 1.54) is 0 Å². The Labute approximate surface area is 263 Å². The second kappa shape index (κ2) is 13.2. The van der Waals surface area contributed by atoms with Crippen molar-refractivity contribution in [3.8, 4) is 0 Å². The number of carboxylic acid groups (broad SMARTS) is 2. The third-order valence-corrected chi connectivity index (χ3v) is 9.16. The Kier molecular flexibility index (Phi) is 9.75. The second-order valence-corrected chi connectivity index (χ2v) is 12.2. The minimum atomic E-state index is -0.905. The molecule has 0 fully saturated rings. The van der Waals surface area contributed by atoms with Crippen LogP contribution in [0.15, 0.2) is 33.7 Å². The van der Waals surface area contributed by atoms with Gasteiger partial charge in [0.05, 0.1) is 12.8 Å². The summed E-state index contributed by atoms with van der Waals surface area (Å²) in [5.74, 6) is -2.69. The molecule has 2 aliphatic heterocycles. The molecule has 6 N–H and O–H groups in total. The number of rotatable bonds is 12. The molecule has 10 nitrogen and oxygen atoms in total. The van der Waals surface area contributed by atoms with Gasteiger partial charge in [-0.25, -0.2) is 0 Å². The van der Waals surface area contributed by atoms with E-state index >= 15 is 0 Å². The number of allylic oxidation sites excluding steroid dienone is 2. The van der Waals surface area contributed by atoms with Crippen molar-refractivity contribution in [2.75, 3.05) is 0 Å². The monoisotopic (exact) mass is 616 g/mol. The van der Waals surface area contributed by atoms with E-state index in [1.807, 2.05) is 53.7 Å². The minimum absolute atomic E-state index is 0.0633. The Morgan fingerprint density at radius 1 is 0.689 bits per heavy atom.